The number of carbonyl (C=O) groups is 2. The van der Waals surface area contributed by atoms with Gasteiger partial charge in [0.15, 0.2) is 10.8 Å². The quantitative estimate of drug-likeness (QED) is 0.655. The first-order valence-corrected chi connectivity index (χ1v) is 5.40. The molecule has 0 radical (unpaired) electrons. The summed E-state index contributed by atoms with van der Waals surface area (Å²) in [4.78, 5) is 26.5. The molecule has 0 aliphatic heterocycles. The van der Waals surface area contributed by atoms with Gasteiger partial charge in [-0.25, -0.2) is 4.98 Å². The van der Waals surface area contributed by atoms with Crippen molar-refractivity contribution in [3.8, 4) is 0 Å². The van der Waals surface area contributed by atoms with E-state index in [1.54, 1.807) is 0 Å². The Morgan fingerprint density at radius 3 is 2.92 bits per heavy atom. The number of halogens is 1. The van der Waals surface area contributed by atoms with Crippen LogP contribution in [0, 0.1) is 0 Å². The van der Waals surface area contributed by atoms with Gasteiger partial charge in [-0.1, -0.05) is 15.9 Å². The summed E-state index contributed by atoms with van der Waals surface area (Å²) in [6.45, 7) is 0. The summed E-state index contributed by atoms with van der Waals surface area (Å²) in [5, 5.41) is 3.00. The summed E-state index contributed by atoms with van der Waals surface area (Å²) in [6.07, 6.45) is 1.42. The Labute approximate surface area is 87.5 Å². The second kappa shape index (κ2) is 4.48. The lowest BCUT2D eigenvalue weighted by atomic mass is 10.4. The van der Waals surface area contributed by atoms with Crippen molar-refractivity contribution in [3.63, 3.8) is 0 Å². The number of thiazole rings is 1. The number of amides is 1. The van der Waals surface area contributed by atoms with E-state index in [0.29, 0.717) is 9.88 Å². The Kier molecular flexibility index (Phi) is 3.56. The third kappa shape index (κ3) is 2.35. The van der Waals surface area contributed by atoms with E-state index < -0.39 is 0 Å². The zero-order chi connectivity index (χ0) is 9.84. The molecule has 0 aliphatic rings. The number of nitrogens with one attached hydrogen (secondary N) is 1. The fraction of sp³-hybridized carbons (Fsp3) is 0.286. The van der Waals surface area contributed by atoms with Crippen LogP contribution in [0.15, 0.2) is 6.20 Å². The first-order valence-electron chi connectivity index (χ1n) is 3.46. The Morgan fingerprint density at radius 2 is 2.38 bits per heavy atom. The van der Waals surface area contributed by atoms with E-state index in [4.69, 9.17) is 0 Å². The normalized spacial score (nSPS) is 9.69. The van der Waals surface area contributed by atoms with Crippen molar-refractivity contribution in [3.05, 3.63) is 16.1 Å². The van der Waals surface area contributed by atoms with Crippen molar-refractivity contribution >= 4 is 39.0 Å². The average molecular weight is 263 g/mol. The summed E-state index contributed by atoms with van der Waals surface area (Å²) < 4.78 is 0. The highest BCUT2D eigenvalue weighted by Gasteiger charge is 2.12. The van der Waals surface area contributed by atoms with Crippen LogP contribution in [0.3, 0.4) is 0 Å². The van der Waals surface area contributed by atoms with Gasteiger partial charge in [0.05, 0.1) is 10.2 Å². The van der Waals surface area contributed by atoms with E-state index in [0.717, 1.165) is 11.3 Å². The maximum atomic E-state index is 11.1. The molecular formula is C7H7BrN2O2S. The van der Waals surface area contributed by atoms with E-state index in [1.807, 2.05) is 0 Å². The number of hydrogen-bond acceptors (Lipinski definition) is 4. The molecule has 0 unspecified atom stereocenters. The third-order valence-corrected chi connectivity index (χ3v) is 2.87. The highest BCUT2D eigenvalue weighted by atomic mass is 79.9. The molecule has 0 spiro atoms. The van der Waals surface area contributed by atoms with Crippen LogP contribution in [0.4, 0.5) is 0 Å². The molecule has 6 heteroatoms. The van der Waals surface area contributed by atoms with E-state index in [9.17, 15) is 9.59 Å². The summed E-state index contributed by atoms with van der Waals surface area (Å²) in [7, 11) is 1.52. The summed E-state index contributed by atoms with van der Waals surface area (Å²) >= 11 is 4.14. The molecule has 0 saturated carbocycles. The first-order chi connectivity index (χ1) is 6.19. The molecule has 70 valence electrons. The zero-order valence-corrected chi connectivity index (χ0v) is 9.24. The standard InChI is InChI=1S/C7H7BrN2O2S/c1-9-6(12)7-10-3-5(13-7)4(11)2-8/h3H,2H2,1H3,(H,9,12). The van der Waals surface area contributed by atoms with Gasteiger partial charge in [-0.05, 0) is 0 Å². The van der Waals surface area contributed by atoms with Gasteiger partial charge in [-0.3, -0.25) is 9.59 Å². The lowest BCUT2D eigenvalue weighted by molar-refractivity contribution is 0.0962. The minimum absolute atomic E-state index is 0.0624. The van der Waals surface area contributed by atoms with Crippen molar-refractivity contribution in [1.82, 2.24) is 10.3 Å². The Bertz CT molecular complexity index is 306. The summed E-state index contributed by atoms with van der Waals surface area (Å²) in [5.74, 6) is -0.328. The molecule has 1 aromatic rings. The maximum Gasteiger partial charge on any atom is 0.280 e. The number of alkyl halides is 1. The summed E-state index contributed by atoms with van der Waals surface area (Å²) in [5.41, 5.74) is 0. The molecule has 0 atom stereocenters. The van der Waals surface area contributed by atoms with Crippen LogP contribution in [0.1, 0.15) is 19.5 Å². The second-order valence-corrected chi connectivity index (χ2v) is 3.76. The molecule has 0 bridgehead atoms. The van der Waals surface area contributed by atoms with Gasteiger partial charge in [0.1, 0.15) is 0 Å². The minimum atomic E-state index is -0.265. The number of Topliss-reactive ketones (excluding diaryl/α,β-unsaturated/α-hetero) is 1. The van der Waals surface area contributed by atoms with Crippen LogP contribution >= 0.6 is 27.3 Å². The summed E-state index contributed by atoms with van der Waals surface area (Å²) in [6, 6.07) is 0. The topological polar surface area (TPSA) is 59.1 Å². The third-order valence-electron chi connectivity index (χ3n) is 1.32. The number of aromatic nitrogens is 1. The SMILES string of the molecule is CNC(=O)c1ncc(C(=O)CBr)s1. The van der Waals surface area contributed by atoms with Crippen LogP contribution in [0.25, 0.3) is 0 Å². The van der Waals surface area contributed by atoms with Gasteiger partial charge in [0, 0.05) is 13.2 Å². The van der Waals surface area contributed by atoms with Gasteiger partial charge in [0.25, 0.3) is 5.91 Å². The van der Waals surface area contributed by atoms with E-state index >= 15 is 0 Å². The second-order valence-electron chi connectivity index (χ2n) is 2.17. The molecule has 0 aromatic carbocycles. The van der Waals surface area contributed by atoms with E-state index in [-0.39, 0.29) is 17.0 Å². The van der Waals surface area contributed by atoms with Crippen LogP contribution in [-0.2, 0) is 0 Å². The zero-order valence-electron chi connectivity index (χ0n) is 6.83. The molecule has 1 N–H and O–H groups in total. The van der Waals surface area contributed by atoms with Crippen molar-refractivity contribution in [2.24, 2.45) is 0 Å². The fourth-order valence-corrected chi connectivity index (χ4v) is 1.97. The van der Waals surface area contributed by atoms with Crippen molar-refractivity contribution in [2.45, 2.75) is 0 Å². The van der Waals surface area contributed by atoms with Gasteiger partial charge in [0.2, 0.25) is 0 Å². The van der Waals surface area contributed by atoms with E-state index in [1.165, 1.54) is 13.2 Å². The molecule has 1 amide bonds. The van der Waals surface area contributed by atoms with Crippen molar-refractivity contribution in [1.29, 1.82) is 0 Å². The van der Waals surface area contributed by atoms with Crippen LogP contribution in [-0.4, -0.2) is 29.1 Å². The highest BCUT2D eigenvalue weighted by molar-refractivity contribution is 9.09. The van der Waals surface area contributed by atoms with Crippen LogP contribution in [0.2, 0.25) is 0 Å². The fourth-order valence-electron chi connectivity index (χ4n) is 0.681. The first kappa shape index (κ1) is 10.3. The molecular weight excluding hydrogens is 256 g/mol. The number of hydrogen-bond donors (Lipinski definition) is 1. The lowest BCUT2D eigenvalue weighted by Gasteiger charge is -1.90. The molecule has 0 fully saturated rings. The van der Waals surface area contributed by atoms with Crippen molar-refractivity contribution in [2.75, 3.05) is 12.4 Å². The average Bonchev–Trinajstić information content (AvgIpc) is 2.64. The number of ketones is 1. The Hall–Kier alpha value is -0.750. The van der Waals surface area contributed by atoms with Crippen molar-refractivity contribution < 1.29 is 9.59 Å². The minimum Gasteiger partial charge on any atom is -0.353 e. The Morgan fingerprint density at radius 1 is 1.69 bits per heavy atom. The number of carbonyl (C=O) groups excluding carboxylic acids is 2. The lowest BCUT2D eigenvalue weighted by Crippen LogP contribution is -2.17. The monoisotopic (exact) mass is 262 g/mol. The van der Waals surface area contributed by atoms with Gasteiger partial charge < -0.3 is 5.32 Å². The van der Waals surface area contributed by atoms with Gasteiger partial charge in [-0.2, -0.15) is 0 Å². The Balaban J connectivity index is 2.86. The predicted octanol–water partition coefficient (Wildman–Crippen LogP) is 1.08. The molecule has 1 aromatic heterocycles. The number of nitrogens with zero attached hydrogens (tertiary/aromatic N) is 1. The van der Waals surface area contributed by atoms with E-state index in [2.05, 4.69) is 26.2 Å². The largest absolute Gasteiger partial charge is 0.353 e. The molecule has 1 rings (SSSR count). The van der Waals surface area contributed by atoms with Crippen LogP contribution < -0.4 is 5.32 Å². The van der Waals surface area contributed by atoms with Crippen LogP contribution in [0.5, 0.6) is 0 Å². The maximum absolute atomic E-state index is 11.1. The van der Waals surface area contributed by atoms with Gasteiger partial charge >= 0.3 is 0 Å². The molecule has 4 nitrogen and oxygen atoms in total. The number of rotatable bonds is 3. The molecule has 0 aliphatic carbocycles. The molecule has 0 saturated heterocycles. The molecule has 13 heavy (non-hydrogen) atoms. The molecule has 1 heterocycles. The smallest absolute Gasteiger partial charge is 0.280 e. The predicted molar refractivity (Wildman–Crippen MR) is 53.6 cm³/mol. The highest BCUT2D eigenvalue weighted by Crippen LogP contribution is 2.14. The van der Waals surface area contributed by atoms with Gasteiger partial charge in [-0.15, -0.1) is 11.3 Å².